The topological polar surface area (TPSA) is 66.9 Å². The molecule has 1 aromatic rings. The molecule has 8 heteroatoms. The van der Waals surface area contributed by atoms with Gasteiger partial charge in [-0.3, -0.25) is 4.79 Å². The number of likely N-dealkylation sites (tertiary alicyclic amines) is 1. The van der Waals surface area contributed by atoms with Gasteiger partial charge in [0.25, 0.3) is 0 Å². The van der Waals surface area contributed by atoms with E-state index in [4.69, 9.17) is 16.3 Å². The van der Waals surface area contributed by atoms with E-state index in [-0.39, 0.29) is 16.7 Å². The van der Waals surface area contributed by atoms with Crippen molar-refractivity contribution in [1.82, 2.24) is 9.21 Å². The lowest BCUT2D eigenvalue weighted by Crippen LogP contribution is -2.45. The van der Waals surface area contributed by atoms with Gasteiger partial charge in [0.15, 0.2) is 0 Å². The van der Waals surface area contributed by atoms with Crippen molar-refractivity contribution in [3.8, 4) is 5.75 Å². The van der Waals surface area contributed by atoms with Gasteiger partial charge < -0.3 is 9.64 Å². The first kappa shape index (κ1) is 20.4. The monoisotopic (exact) mass is 414 g/mol. The van der Waals surface area contributed by atoms with Gasteiger partial charge in [0.05, 0.1) is 6.61 Å². The maximum absolute atomic E-state index is 13.1. The molecule has 0 saturated carbocycles. The Kier molecular flexibility index (Phi) is 6.65. The number of sulfonamides is 1. The average Bonchev–Trinajstić information content (AvgIpc) is 2.69. The van der Waals surface area contributed by atoms with Crippen LogP contribution in [0.5, 0.6) is 5.75 Å². The first-order valence-corrected chi connectivity index (χ1v) is 11.5. The molecule has 0 atom stereocenters. The number of piperidine rings is 2. The zero-order chi connectivity index (χ0) is 19.4. The van der Waals surface area contributed by atoms with Gasteiger partial charge in [-0.1, -0.05) is 11.6 Å². The highest BCUT2D eigenvalue weighted by Crippen LogP contribution is 2.32. The van der Waals surface area contributed by atoms with Crippen molar-refractivity contribution < 1.29 is 17.9 Å². The molecular formula is C19H27ClN2O4S. The normalized spacial score (nSPS) is 19.9. The van der Waals surface area contributed by atoms with Crippen LogP contribution in [0.15, 0.2) is 23.1 Å². The van der Waals surface area contributed by atoms with Gasteiger partial charge >= 0.3 is 0 Å². The molecule has 1 amide bonds. The molecule has 0 aromatic heterocycles. The number of nitrogens with zero attached hydrogens (tertiary/aromatic N) is 2. The predicted octanol–water partition coefficient (Wildman–Crippen LogP) is 3.15. The van der Waals surface area contributed by atoms with E-state index in [1.807, 2.05) is 11.8 Å². The molecule has 3 rings (SSSR count). The van der Waals surface area contributed by atoms with Crippen molar-refractivity contribution in [2.24, 2.45) is 5.92 Å². The second-order valence-electron chi connectivity index (χ2n) is 7.09. The lowest BCUT2D eigenvalue weighted by Gasteiger charge is -2.35. The van der Waals surface area contributed by atoms with E-state index in [0.29, 0.717) is 43.3 Å². The Labute approximate surface area is 166 Å². The van der Waals surface area contributed by atoms with Crippen LogP contribution in [-0.4, -0.2) is 56.3 Å². The van der Waals surface area contributed by atoms with E-state index in [2.05, 4.69) is 0 Å². The molecule has 6 nitrogen and oxygen atoms in total. The second kappa shape index (κ2) is 8.80. The summed E-state index contributed by atoms with van der Waals surface area (Å²) in [4.78, 5) is 14.7. The Hall–Kier alpha value is -1.31. The largest absolute Gasteiger partial charge is 0.492 e. The number of ether oxygens (including phenoxy) is 1. The maximum atomic E-state index is 13.1. The van der Waals surface area contributed by atoms with Crippen LogP contribution in [0.4, 0.5) is 0 Å². The lowest BCUT2D eigenvalue weighted by atomic mass is 9.95. The molecule has 150 valence electrons. The number of carbonyl (C=O) groups excluding carboxylic acids is 1. The summed E-state index contributed by atoms with van der Waals surface area (Å²) in [6.07, 6.45) is 4.42. The van der Waals surface area contributed by atoms with E-state index >= 15 is 0 Å². The van der Waals surface area contributed by atoms with Gasteiger partial charge in [0.2, 0.25) is 15.9 Å². The minimum atomic E-state index is -3.71. The summed E-state index contributed by atoms with van der Waals surface area (Å²) in [7, 11) is -3.71. The van der Waals surface area contributed by atoms with E-state index in [1.54, 1.807) is 12.1 Å². The summed E-state index contributed by atoms with van der Waals surface area (Å²) in [6, 6.07) is 4.65. The van der Waals surface area contributed by atoms with Gasteiger partial charge in [-0.2, -0.15) is 4.31 Å². The van der Waals surface area contributed by atoms with Gasteiger partial charge in [0.1, 0.15) is 10.6 Å². The number of hydrogen-bond acceptors (Lipinski definition) is 4. The van der Waals surface area contributed by atoms with Crippen molar-refractivity contribution in [1.29, 1.82) is 0 Å². The number of amides is 1. The SMILES string of the molecule is CCOc1ccc(Cl)cc1S(=O)(=O)N1CCC(C(=O)N2CCCCC2)CC1. The van der Waals surface area contributed by atoms with Gasteiger partial charge in [-0.25, -0.2) is 8.42 Å². The fraction of sp³-hybridized carbons (Fsp3) is 0.632. The van der Waals surface area contributed by atoms with E-state index in [0.717, 1.165) is 25.9 Å². The van der Waals surface area contributed by atoms with Crippen LogP contribution in [0, 0.1) is 5.92 Å². The van der Waals surface area contributed by atoms with Crippen LogP contribution in [0.2, 0.25) is 5.02 Å². The summed E-state index contributed by atoms with van der Waals surface area (Å²) < 4.78 is 33.1. The Morgan fingerprint density at radius 3 is 2.44 bits per heavy atom. The minimum Gasteiger partial charge on any atom is -0.492 e. The molecular weight excluding hydrogens is 388 g/mol. The molecule has 0 unspecified atom stereocenters. The minimum absolute atomic E-state index is 0.0831. The Balaban J connectivity index is 1.70. The smallest absolute Gasteiger partial charge is 0.246 e. The van der Waals surface area contributed by atoms with Crippen molar-refractivity contribution in [3.05, 3.63) is 23.2 Å². The third-order valence-corrected chi connectivity index (χ3v) is 7.45. The van der Waals surface area contributed by atoms with Crippen LogP contribution >= 0.6 is 11.6 Å². The van der Waals surface area contributed by atoms with Crippen LogP contribution in [0.3, 0.4) is 0 Å². The molecule has 0 spiro atoms. The van der Waals surface area contributed by atoms with E-state index < -0.39 is 10.0 Å². The van der Waals surface area contributed by atoms with Crippen LogP contribution in [0.1, 0.15) is 39.0 Å². The average molecular weight is 415 g/mol. The zero-order valence-electron chi connectivity index (χ0n) is 15.7. The van der Waals surface area contributed by atoms with E-state index in [9.17, 15) is 13.2 Å². The fourth-order valence-electron chi connectivity index (χ4n) is 3.81. The predicted molar refractivity (Wildman–Crippen MR) is 105 cm³/mol. The van der Waals surface area contributed by atoms with Crippen molar-refractivity contribution in [2.45, 2.75) is 43.9 Å². The molecule has 0 aliphatic carbocycles. The Bertz CT molecular complexity index is 770. The third kappa shape index (κ3) is 4.58. The highest BCUT2D eigenvalue weighted by molar-refractivity contribution is 7.89. The third-order valence-electron chi connectivity index (χ3n) is 5.29. The first-order chi connectivity index (χ1) is 12.9. The maximum Gasteiger partial charge on any atom is 0.246 e. The van der Waals surface area contributed by atoms with Crippen molar-refractivity contribution in [2.75, 3.05) is 32.8 Å². The zero-order valence-corrected chi connectivity index (χ0v) is 17.3. The molecule has 2 heterocycles. The Morgan fingerprint density at radius 2 is 1.81 bits per heavy atom. The molecule has 2 fully saturated rings. The summed E-state index contributed by atoms with van der Waals surface area (Å²) in [5.74, 6) is 0.415. The standard InChI is InChI=1S/C19H27ClN2O4S/c1-2-26-17-7-6-16(20)14-18(17)27(24,25)22-12-8-15(9-13-22)19(23)21-10-4-3-5-11-21/h6-7,14-15H,2-5,8-13H2,1H3. The molecule has 0 N–H and O–H groups in total. The molecule has 27 heavy (non-hydrogen) atoms. The van der Waals surface area contributed by atoms with Gasteiger partial charge in [0, 0.05) is 37.1 Å². The molecule has 2 aliphatic heterocycles. The van der Waals surface area contributed by atoms with Gasteiger partial charge in [-0.05, 0) is 57.2 Å². The fourth-order valence-corrected chi connectivity index (χ4v) is 5.68. The lowest BCUT2D eigenvalue weighted by molar-refractivity contribution is -0.137. The van der Waals surface area contributed by atoms with E-state index in [1.165, 1.54) is 16.8 Å². The number of rotatable bonds is 5. The van der Waals surface area contributed by atoms with Crippen LogP contribution in [0.25, 0.3) is 0 Å². The number of hydrogen-bond donors (Lipinski definition) is 0. The highest BCUT2D eigenvalue weighted by Gasteiger charge is 2.35. The second-order valence-corrected chi connectivity index (χ2v) is 9.43. The molecule has 2 saturated heterocycles. The molecule has 2 aliphatic rings. The van der Waals surface area contributed by atoms with Gasteiger partial charge in [-0.15, -0.1) is 0 Å². The summed E-state index contributed by atoms with van der Waals surface area (Å²) >= 11 is 6.02. The first-order valence-electron chi connectivity index (χ1n) is 9.64. The summed E-state index contributed by atoms with van der Waals surface area (Å²) in [5.41, 5.74) is 0. The molecule has 0 radical (unpaired) electrons. The highest BCUT2D eigenvalue weighted by atomic mass is 35.5. The van der Waals surface area contributed by atoms with Crippen LogP contribution in [-0.2, 0) is 14.8 Å². The van der Waals surface area contributed by atoms with Crippen molar-refractivity contribution in [3.63, 3.8) is 0 Å². The number of benzene rings is 1. The molecule has 1 aromatic carbocycles. The Morgan fingerprint density at radius 1 is 1.15 bits per heavy atom. The van der Waals surface area contributed by atoms with Crippen LogP contribution < -0.4 is 4.74 Å². The van der Waals surface area contributed by atoms with Crippen molar-refractivity contribution >= 4 is 27.5 Å². The number of carbonyl (C=O) groups is 1. The summed E-state index contributed by atoms with van der Waals surface area (Å²) in [5, 5.41) is 0.354. The summed E-state index contributed by atoms with van der Waals surface area (Å²) in [6.45, 7) is 4.52. The number of halogens is 1. The molecule has 0 bridgehead atoms. The quantitative estimate of drug-likeness (QED) is 0.742.